The smallest absolute Gasteiger partial charge is 0.307 e. The lowest BCUT2D eigenvalue weighted by Gasteiger charge is -2.17. The number of rotatable bonds is 8. The first kappa shape index (κ1) is 23.0. The van der Waals surface area contributed by atoms with Gasteiger partial charge in [0.2, 0.25) is 0 Å². The molecule has 6 heteroatoms. The van der Waals surface area contributed by atoms with E-state index >= 15 is 0 Å². The zero-order chi connectivity index (χ0) is 23.9. The lowest BCUT2D eigenvalue weighted by Crippen LogP contribution is -2.22. The van der Waals surface area contributed by atoms with Gasteiger partial charge in [-0.3, -0.25) is 9.59 Å². The summed E-state index contributed by atoms with van der Waals surface area (Å²) in [5, 5.41) is 7.37. The third-order valence-electron chi connectivity index (χ3n) is 5.70. The number of aromatic nitrogens is 2. The van der Waals surface area contributed by atoms with Crippen molar-refractivity contribution in [3.63, 3.8) is 0 Å². The van der Waals surface area contributed by atoms with E-state index in [2.05, 4.69) is 10.4 Å². The number of nitrogens with one attached hydrogen (secondary N) is 1. The fourth-order valence-electron chi connectivity index (χ4n) is 3.99. The van der Waals surface area contributed by atoms with E-state index < -0.39 is 11.9 Å². The molecular formula is C28H27N3O3. The van der Waals surface area contributed by atoms with Gasteiger partial charge in [0, 0.05) is 5.92 Å². The van der Waals surface area contributed by atoms with Crippen LogP contribution in [0, 0.1) is 13.8 Å². The average molecular weight is 454 g/mol. The zero-order valence-electron chi connectivity index (χ0n) is 19.3. The van der Waals surface area contributed by atoms with Crippen molar-refractivity contribution in [3.8, 4) is 5.69 Å². The summed E-state index contributed by atoms with van der Waals surface area (Å²) < 4.78 is 7.12. The van der Waals surface area contributed by atoms with E-state index in [-0.39, 0.29) is 18.9 Å². The van der Waals surface area contributed by atoms with Gasteiger partial charge in [-0.05, 0) is 37.1 Å². The Bertz CT molecular complexity index is 1210. The topological polar surface area (TPSA) is 73.2 Å². The normalized spacial score (nSPS) is 10.8. The number of amides is 1. The maximum atomic E-state index is 12.7. The number of ether oxygens (including phenoxy) is 1. The number of carbonyl (C=O) groups is 2. The molecule has 0 aliphatic carbocycles. The molecule has 0 radical (unpaired) electrons. The van der Waals surface area contributed by atoms with Crippen LogP contribution >= 0.6 is 0 Å². The van der Waals surface area contributed by atoms with Gasteiger partial charge >= 0.3 is 5.97 Å². The number of anilines is 1. The number of nitrogens with zero attached hydrogens (tertiary/aromatic N) is 2. The molecule has 34 heavy (non-hydrogen) atoms. The Hall–Kier alpha value is -4.19. The number of benzene rings is 3. The molecule has 1 heterocycles. The van der Waals surface area contributed by atoms with Crippen molar-refractivity contribution in [1.82, 2.24) is 9.78 Å². The quantitative estimate of drug-likeness (QED) is 0.373. The van der Waals surface area contributed by atoms with Gasteiger partial charge < -0.3 is 10.1 Å². The molecule has 1 N–H and O–H groups in total. The molecule has 1 amide bonds. The van der Waals surface area contributed by atoms with Crippen LogP contribution < -0.4 is 5.32 Å². The lowest BCUT2D eigenvalue weighted by molar-refractivity contribution is -0.147. The van der Waals surface area contributed by atoms with E-state index in [0.717, 1.165) is 22.5 Å². The first-order valence-electron chi connectivity index (χ1n) is 11.2. The SMILES string of the molecule is Cc1nn(-c2ccccc2)c(C)c1NC(=O)COC(=O)CC(c1ccccc1)c1ccccc1. The Balaban J connectivity index is 1.39. The monoisotopic (exact) mass is 453 g/mol. The van der Waals surface area contributed by atoms with Crippen molar-refractivity contribution in [2.45, 2.75) is 26.2 Å². The van der Waals surface area contributed by atoms with Gasteiger partial charge in [-0.15, -0.1) is 0 Å². The van der Waals surface area contributed by atoms with E-state index in [9.17, 15) is 9.59 Å². The summed E-state index contributed by atoms with van der Waals surface area (Å²) in [4.78, 5) is 25.2. The van der Waals surface area contributed by atoms with Gasteiger partial charge in [0.1, 0.15) is 0 Å². The minimum atomic E-state index is -0.429. The molecule has 0 saturated heterocycles. The molecule has 6 nitrogen and oxygen atoms in total. The van der Waals surface area contributed by atoms with Gasteiger partial charge in [0.15, 0.2) is 6.61 Å². The fourth-order valence-corrected chi connectivity index (χ4v) is 3.99. The summed E-state index contributed by atoms with van der Waals surface area (Å²) in [6, 6.07) is 29.4. The van der Waals surface area contributed by atoms with Crippen molar-refractivity contribution >= 4 is 17.6 Å². The predicted octanol–water partition coefficient (Wildman–Crippen LogP) is 5.19. The summed E-state index contributed by atoms with van der Waals surface area (Å²) in [7, 11) is 0. The molecule has 0 fully saturated rings. The van der Waals surface area contributed by atoms with Crippen LogP contribution in [0.4, 0.5) is 5.69 Å². The van der Waals surface area contributed by atoms with E-state index in [1.807, 2.05) is 105 Å². The van der Waals surface area contributed by atoms with Crippen LogP contribution in [-0.2, 0) is 14.3 Å². The first-order chi connectivity index (χ1) is 16.5. The molecule has 4 rings (SSSR count). The van der Waals surface area contributed by atoms with Crippen LogP contribution in [0.15, 0.2) is 91.0 Å². The third-order valence-corrected chi connectivity index (χ3v) is 5.70. The molecule has 0 atom stereocenters. The number of carbonyl (C=O) groups excluding carboxylic acids is 2. The number of para-hydroxylation sites is 1. The molecule has 4 aromatic rings. The van der Waals surface area contributed by atoms with Crippen LogP contribution in [0.3, 0.4) is 0 Å². The van der Waals surface area contributed by atoms with Crippen LogP contribution in [0.25, 0.3) is 5.69 Å². The second-order valence-electron chi connectivity index (χ2n) is 8.08. The maximum absolute atomic E-state index is 12.7. The second-order valence-corrected chi connectivity index (χ2v) is 8.08. The average Bonchev–Trinajstić information content (AvgIpc) is 3.16. The van der Waals surface area contributed by atoms with Crippen LogP contribution in [0.5, 0.6) is 0 Å². The number of hydrogen-bond donors (Lipinski definition) is 1. The molecule has 3 aromatic carbocycles. The minimum Gasteiger partial charge on any atom is -0.456 e. The highest BCUT2D eigenvalue weighted by atomic mass is 16.5. The van der Waals surface area contributed by atoms with Gasteiger partial charge in [-0.2, -0.15) is 5.10 Å². The molecule has 1 aromatic heterocycles. The molecular weight excluding hydrogens is 426 g/mol. The Labute approximate surface area is 199 Å². The molecule has 0 unspecified atom stereocenters. The molecule has 0 aliphatic heterocycles. The number of aryl methyl sites for hydroxylation is 1. The van der Waals surface area contributed by atoms with Crippen LogP contribution in [0.1, 0.15) is 34.9 Å². The zero-order valence-corrected chi connectivity index (χ0v) is 19.3. The second kappa shape index (κ2) is 10.6. The van der Waals surface area contributed by atoms with Gasteiger partial charge in [-0.25, -0.2) is 4.68 Å². The van der Waals surface area contributed by atoms with Crippen molar-refractivity contribution in [2.24, 2.45) is 0 Å². The summed E-state index contributed by atoms with van der Waals surface area (Å²) >= 11 is 0. The van der Waals surface area contributed by atoms with Crippen molar-refractivity contribution in [3.05, 3.63) is 114 Å². The maximum Gasteiger partial charge on any atom is 0.307 e. The molecule has 0 aliphatic rings. The van der Waals surface area contributed by atoms with Gasteiger partial charge in [-0.1, -0.05) is 78.9 Å². The molecule has 0 spiro atoms. The van der Waals surface area contributed by atoms with Crippen LogP contribution in [0.2, 0.25) is 0 Å². The highest BCUT2D eigenvalue weighted by molar-refractivity contribution is 5.94. The predicted molar refractivity (Wildman–Crippen MR) is 132 cm³/mol. The first-order valence-corrected chi connectivity index (χ1v) is 11.2. The van der Waals surface area contributed by atoms with E-state index in [1.165, 1.54) is 0 Å². The standard InChI is InChI=1S/C28H27N3O3/c1-20-28(21(2)31(30-20)24-16-10-5-11-17-24)29-26(32)19-34-27(33)18-25(22-12-6-3-7-13-22)23-14-8-4-9-15-23/h3-17,25H,18-19H2,1-2H3,(H,29,32). The highest BCUT2D eigenvalue weighted by Crippen LogP contribution is 2.28. The lowest BCUT2D eigenvalue weighted by atomic mass is 9.89. The third kappa shape index (κ3) is 5.41. The number of esters is 1. The van der Waals surface area contributed by atoms with E-state index in [1.54, 1.807) is 4.68 Å². The van der Waals surface area contributed by atoms with Crippen molar-refractivity contribution < 1.29 is 14.3 Å². The fraction of sp³-hybridized carbons (Fsp3) is 0.179. The Morgan fingerprint density at radius 3 is 1.94 bits per heavy atom. The molecule has 0 saturated carbocycles. The minimum absolute atomic E-state index is 0.144. The van der Waals surface area contributed by atoms with Crippen molar-refractivity contribution in [2.75, 3.05) is 11.9 Å². The van der Waals surface area contributed by atoms with Gasteiger partial charge in [0.05, 0.1) is 29.2 Å². The Morgan fingerprint density at radius 2 is 1.38 bits per heavy atom. The summed E-state index contributed by atoms with van der Waals surface area (Å²) in [5.41, 5.74) is 5.06. The number of hydrogen-bond acceptors (Lipinski definition) is 4. The summed E-state index contributed by atoms with van der Waals surface area (Å²) in [5.74, 6) is -0.976. The van der Waals surface area contributed by atoms with E-state index in [4.69, 9.17) is 4.74 Å². The summed E-state index contributed by atoms with van der Waals surface area (Å²) in [6.07, 6.45) is 0.144. The summed E-state index contributed by atoms with van der Waals surface area (Å²) in [6.45, 7) is 3.36. The Kier molecular flexibility index (Phi) is 7.18. The molecule has 172 valence electrons. The van der Waals surface area contributed by atoms with Gasteiger partial charge in [0.25, 0.3) is 5.91 Å². The largest absolute Gasteiger partial charge is 0.456 e. The molecule has 0 bridgehead atoms. The highest BCUT2D eigenvalue weighted by Gasteiger charge is 2.21. The Morgan fingerprint density at radius 1 is 0.853 bits per heavy atom. The van der Waals surface area contributed by atoms with E-state index in [0.29, 0.717) is 11.4 Å². The van der Waals surface area contributed by atoms with Crippen LogP contribution in [-0.4, -0.2) is 28.3 Å². The van der Waals surface area contributed by atoms with Crippen molar-refractivity contribution in [1.29, 1.82) is 0 Å².